The predicted molar refractivity (Wildman–Crippen MR) is 123 cm³/mol. The van der Waals surface area contributed by atoms with Crippen molar-refractivity contribution >= 4 is 29.0 Å². The molecule has 4 atom stereocenters. The molecule has 2 fully saturated rings. The van der Waals surface area contributed by atoms with Crippen molar-refractivity contribution in [3.8, 4) is 11.8 Å². The van der Waals surface area contributed by atoms with E-state index in [4.69, 9.17) is 15.2 Å². The number of fused-ring (bicyclic) bond motifs is 1. The zero-order valence-corrected chi connectivity index (χ0v) is 19.5. The van der Waals surface area contributed by atoms with Crippen LogP contribution in [0.5, 0.6) is 0 Å². The number of likely N-dealkylation sites (tertiary alicyclic amines) is 1. The van der Waals surface area contributed by atoms with Crippen molar-refractivity contribution in [2.75, 3.05) is 32.5 Å². The molecule has 0 spiro atoms. The minimum Gasteiger partial charge on any atom is -0.453 e. The lowest BCUT2D eigenvalue weighted by Crippen LogP contribution is -2.42. The van der Waals surface area contributed by atoms with Crippen LogP contribution in [0.15, 0.2) is 6.33 Å². The molecule has 13 nitrogen and oxygen atoms in total. The van der Waals surface area contributed by atoms with E-state index in [9.17, 15) is 19.8 Å². The number of nitrogens with two attached hydrogens (primary N) is 1. The highest BCUT2D eigenvalue weighted by molar-refractivity contribution is 5.83. The number of aliphatic hydroxyl groups is 2. The average Bonchev–Trinajstić information content (AvgIpc) is 3.40. The molecule has 2 saturated heterocycles. The number of nitrogen functional groups attached to an aromatic ring is 1. The average molecular weight is 488 g/mol. The topological polar surface area (TPSA) is 178 Å². The second-order valence-corrected chi connectivity index (χ2v) is 8.49. The Morgan fingerprint density at radius 2 is 2.03 bits per heavy atom. The van der Waals surface area contributed by atoms with E-state index < -0.39 is 30.4 Å². The number of nitrogens with one attached hydrogen (secondary N) is 1. The van der Waals surface area contributed by atoms with E-state index >= 15 is 0 Å². The van der Waals surface area contributed by atoms with Crippen LogP contribution in [0.25, 0.3) is 11.2 Å². The van der Waals surface area contributed by atoms with Gasteiger partial charge in [-0.05, 0) is 31.6 Å². The lowest BCUT2D eigenvalue weighted by molar-refractivity contribution is -0.137. The number of aliphatic hydroxyl groups excluding tert-OH is 2. The number of methoxy groups -OCH3 is 1. The Hall–Kier alpha value is -3.47. The molecule has 2 aromatic rings. The molecular weight excluding hydrogens is 458 g/mol. The van der Waals surface area contributed by atoms with Crippen LogP contribution in [-0.2, 0) is 14.3 Å². The molecule has 0 saturated carbocycles. The highest BCUT2D eigenvalue weighted by Crippen LogP contribution is 2.32. The number of amides is 2. The first-order chi connectivity index (χ1) is 16.8. The molecule has 13 heteroatoms. The van der Waals surface area contributed by atoms with Crippen LogP contribution >= 0.6 is 0 Å². The standard InChI is InChI=1S/C22H29N7O6/c1-3-24-20(32)17-15(30)16(31)21(35-17)29-11-25-14-18(23)26-13(27-19(14)29)6-4-5-12-7-9-28(10-8-12)22(33)34-2/h11-12,15-17,21,30-31H,3,5,7-10H2,1-2H3,(H,24,32)(H2,23,26,27)/t15-,16+,17+,21-/m1/s1. The maximum atomic E-state index is 12.2. The zero-order valence-electron chi connectivity index (χ0n) is 19.5. The maximum Gasteiger partial charge on any atom is 0.409 e. The zero-order chi connectivity index (χ0) is 25.1. The second-order valence-electron chi connectivity index (χ2n) is 8.49. The Labute approximate surface area is 201 Å². The molecule has 4 heterocycles. The van der Waals surface area contributed by atoms with Gasteiger partial charge in [0, 0.05) is 26.1 Å². The number of carbonyl (C=O) groups excluding carboxylic acids is 2. The third-order valence-corrected chi connectivity index (χ3v) is 6.21. The molecule has 4 rings (SSSR count). The van der Waals surface area contributed by atoms with Gasteiger partial charge in [-0.15, -0.1) is 0 Å². The van der Waals surface area contributed by atoms with Gasteiger partial charge in [0.05, 0.1) is 13.4 Å². The number of imidazole rings is 1. The number of anilines is 1. The van der Waals surface area contributed by atoms with Crippen molar-refractivity contribution in [1.82, 2.24) is 29.7 Å². The van der Waals surface area contributed by atoms with Gasteiger partial charge >= 0.3 is 6.09 Å². The number of hydrogen-bond donors (Lipinski definition) is 4. The van der Waals surface area contributed by atoms with E-state index in [0.29, 0.717) is 32.0 Å². The summed E-state index contributed by atoms with van der Waals surface area (Å²) in [5, 5.41) is 23.4. The Kier molecular flexibility index (Phi) is 7.34. The Morgan fingerprint density at radius 1 is 1.29 bits per heavy atom. The number of hydrogen-bond acceptors (Lipinski definition) is 10. The van der Waals surface area contributed by atoms with Gasteiger partial charge in [0.1, 0.15) is 17.7 Å². The van der Waals surface area contributed by atoms with Crippen LogP contribution in [0.2, 0.25) is 0 Å². The minimum absolute atomic E-state index is 0.109. The predicted octanol–water partition coefficient (Wildman–Crippen LogP) is -0.616. The van der Waals surface area contributed by atoms with Gasteiger partial charge in [0.25, 0.3) is 5.91 Å². The lowest BCUT2D eigenvalue weighted by Gasteiger charge is -2.29. The van der Waals surface area contributed by atoms with Crippen molar-refractivity contribution in [3.05, 3.63) is 12.2 Å². The number of nitrogens with zero attached hydrogens (tertiary/aromatic N) is 5. The summed E-state index contributed by atoms with van der Waals surface area (Å²) < 4.78 is 11.8. The van der Waals surface area contributed by atoms with E-state index in [1.165, 1.54) is 18.0 Å². The first kappa shape index (κ1) is 24.6. The number of rotatable bonds is 4. The fraction of sp³-hybridized carbons (Fsp3) is 0.591. The third-order valence-electron chi connectivity index (χ3n) is 6.21. The summed E-state index contributed by atoms with van der Waals surface area (Å²) >= 11 is 0. The van der Waals surface area contributed by atoms with E-state index in [1.807, 2.05) is 0 Å². The summed E-state index contributed by atoms with van der Waals surface area (Å²) in [7, 11) is 1.37. The molecular formula is C22H29N7O6. The summed E-state index contributed by atoms with van der Waals surface area (Å²) in [4.78, 5) is 38.3. The van der Waals surface area contributed by atoms with Crippen LogP contribution in [0.1, 0.15) is 38.2 Å². The van der Waals surface area contributed by atoms with E-state index in [1.54, 1.807) is 11.8 Å². The highest BCUT2D eigenvalue weighted by Gasteiger charge is 2.47. The van der Waals surface area contributed by atoms with Crippen molar-refractivity contribution < 1.29 is 29.3 Å². The molecule has 5 N–H and O–H groups in total. The first-order valence-electron chi connectivity index (χ1n) is 11.4. The molecule has 2 amide bonds. The fourth-order valence-electron chi connectivity index (χ4n) is 4.28. The molecule has 2 aliphatic heterocycles. The Balaban J connectivity index is 1.49. The quantitative estimate of drug-likeness (QED) is 0.406. The summed E-state index contributed by atoms with van der Waals surface area (Å²) in [6, 6.07) is 0. The fourth-order valence-corrected chi connectivity index (χ4v) is 4.28. The van der Waals surface area contributed by atoms with Gasteiger partial charge in [0.2, 0.25) is 5.82 Å². The van der Waals surface area contributed by atoms with Crippen LogP contribution in [0.4, 0.5) is 10.6 Å². The monoisotopic (exact) mass is 487 g/mol. The largest absolute Gasteiger partial charge is 0.453 e. The molecule has 0 aromatic carbocycles. The Morgan fingerprint density at radius 3 is 2.71 bits per heavy atom. The molecule has 2 aromatic heterocycles. The van der Waals surface area contributed by atoms with Crippen molar-refractivity contribution in [1.29, 1.82) is 0 Å². The van der Waals surface area contributed by atoms with Crippen LogP contribution < -0.4 is 11.1 Å². The lowest BCUT2D eigenvalue weighted by atomic mass is 9.94. The van der Waals surface area contributed by atoms with Crippen LogP contribution in [-0.4, -0.2) is 91.7 Å². The summed E-state index contributed by atoms with van der Waals surface area (Å²) in [5.41, 5.74) is 6.61. The number of ether oxygens (including phenoxy) is 2. The van der Waals surface area contributed by atoms with E-state index in [2.05, 4.69) is 32.1 Å². The number of carbonyl (C=O) groups is 2. The molecule has 0 radical (unpaired) electrons. The minimum atomic E-state index is -1.42. The van der Waals surface area contributed by atoms with Gasteiger partial charge in [-0.3, -0.25) is 9.36 Å². The summed E-state index contributed by atoms with van der Waals surface area (Å²) in [5.74, 6) is 6.11. The van der Waals surface area contributed by atoms with Gasteiger partial charge < -0.3 is 35.6 Å². The molecule has 35 heavy (non-hydrogen) atoms. The van der Waals surface area contributed by atoms with Gasteiger partial charge in [0.15, 0.2) is 23.8 Å². The number of likely N-dealkylation sites (N-methyl/N-ethyl adjacent to an activating group) is 1. The molecule has 2 aliphatic rings. The maximum absolute atomic E-state index is 12.2. The van der Waals surface area contributed by atoms with Crippen molar-refractivity contribution in [3.63, 3.8) is 0 Å². The normalized spacial score (nSPS) is 24.7. The SMILES string of the molecule is CCNC(=O)[C@H]1O[C@@H](n2cnc3c(N)nc(C#CCC4CCN(C(=O)OC)CC4)nc32)[C@@H](O)[C@H]1O. The first-order valence-corrected chi connectivity index (χ1v) is 11.4. The van der Waals surface area contributed by atoms with Crippen LogP contribution in [0.3, 0.4) is 0 Å². The van der Waals surface area contributed by atoms with Crippen LogP contribution in [0, 0.1) is 17.8 Å². The third kappa shape index (κ3) is 5.00. The number of aromatic nitrogens is 4. The Bertz CT molecular complexity index is 1150. The highest BCUT2D eigenvalue weighted by atomic mass is 16.6. The van der Waals surface area contributed by atoms with Gasteiger partial charge in [-0.25, -0.2) is 19.7 Å². The van der Waals surface area contributed by atoms with Crippen molar-refractivity contribution in [2.24, 2.45) is 5.92 Å². The summed E-state index contributed by atoms with van der Waals surface area (Å²) in [6.45, 7) is 3.35. The molecule has 0 aliphatic carbocycles. The molecule has 188 valence electrons. The van der Waals surface area contributed by atoms with E-state index in [-0.39, 0.29) is 28.9 Å². The molecule has 0 unspecified atom stereocenters. The van der Waals surface area contributed by atoms with Crippen molar-refractivity contribution in [2.45, 2.75) is 50.7 Å². The molecule has 0 bridgehead atoms. The van der Waals surface area contributed by atoms with E-state index in [0.717, 1.165) is 12.8 Å². The summed E-state index contributed by atoms with van der Waals surface area (Å²) in [6.07, 6.45) is -1.84. The second kappa shape index (κ2) is 10.4. The van der Waals surface area contributed by atoms with Gasteiger partial charge in [-0.1, -0.05) is 5.92 Å². The van der Waals surface area contributed by atoms with Gasteiger partial charge in [-0.2, -0.15) is 0 Å². The number of piperidine rings is 1. The smallest absolute Gasteiger partial charge is 0.409 e.